The fourth-order valence-electron chi connectivity index (χ4n) is 2.19. The number of pyridine rings is 1. The molecule has 0 spiro atoms. The number of fused-ring (bicyclic) bond motifs is 1. The third kappa shape index (κ3) is 3.05. The Hall–Kier alpha value is -1.94. The average Bonchev–Trinajstić information content (AvgIpc) is 2.94. The Morgan fingerprint density at radius 1 is 1.14 bits per heavy atom. The Bertz CT molecular complexity index is 751. The summed E-state index contributed by atoms with van der Waals surface area (Å²) in [6.45, 7) is 7.37. The lowest BCUT2D eigenvalue weighted by Gasteiger charge is -2.13. The van der Waals surface area contributed by atoms with E-state index < -0.39 is 0 Å². The second-order valence-electron chi connectivity index (χ2n) is 6.14. The molecule has 1 N–H and O–H groups in total. The number of aromatic nitrogens is 2. The van der Waals surface area contributed by atoms with Crippen molar-refractivity contribution in [3.05, 3.63) is 52.7 Å². The van der Waals surface area contributed by atoms with E-state index in [1.807, 2.05) is 24.7 Å². The zero-order valence-corrected chi connectivity index (χ0v) is 13.4. The molecule has 3 aromatic rings. The molecule has 4 heteroatoms. The van der Waals surface area contributed by atoms with Gasteiger partial charge in [0.1, 0.15) is 0 Å². The van der Waals surface area contributed by atoms with Gasteiger partial charge in [0.15, 0.2) is 0 Å². The van der Waals surface area contributed by atoms with E-state index in [4.69, 9.17) is 0 Å². The van der Waals surface area contributed by atoms with Gasteiger partial charge in [-0.25, -0.2) is 4.98 Å². The summed E-state index contributed by atoms with van der Waals surface area (Å²) in [5.74, 6) is 0. The summed E-state index contributed by atoms with van der Waals surface area (Å²) in [6, 6.07) is 8.30. The second kappa shape index (κ2) is 5.45. The van der Waals surface area contributed by atoms with Crippen molar-refractivity contribution in [3.63, 3.8) is 0 Å². The molecule has 2 aromatic heterocycles. The number of nitrogens with one attached hydrogen (secondary N) is 1. The summed E-state index contributed by atoms with van der Waals surface area (Å²) < 4.78 is 0. The van der Waals surface area contributed by atoms with Crippen molar-refractivity contribution in [3.8, 4) is 0 Å². The molecule has 108 valence electrons. The van der Waals surface area contributed by atoms with Gasteiger partial charge in [0.05, 0.1) is 11.6 Å². The first kappa shape index (κ1) is 14.0. The van der Waals surface area contributed by atoms with Crippen LogP contribution in [0.5, 0.6) is 0 Å². The summed E-state index contributed by atoms with van der Waals surface area (Å²) in [4.78, 5) is 9.99. The highest BCUT2D eigenvalue weighted by molar-refractivity contribution is 7.11. The Balaban J connectivity index is 1.79. The molecule has 3 rings (SSSR count). The average molecular weight is 297 g/mol. The zero-order valence-electron chi connectivity index (χ0n) is 12.6. The molecule has 0 fully saturated rings. The summed E-state index contributed by atoms with van der Waals surface area (Å²) >= 11 is 1.78. The third-order valence-electron chi connectivity index (χ3n) is 3.33. The van der Waals surface area contributed by atoms with E-state index in [1.54, 1.807) is 11.3 Å². The Labute approximate surface area is 129 Å². The number of rotatable bonds is 3. The van der Waals surface area contributed by atoms with Crippen LogP contribution >= 0.6 is 11.3 Å². The fraction of sp³-hybridized carbons (Fsp3) is 0.294. The van der Waals surface area contributed by atoms with Crippen LogP contribution in [-0.2, 0) is 12.0 Å². The van der Waals surface area contributed by atoms with Crippen LogP contribution in [0.25, 0.3) is 10.8 Å². The predicted octanol–water partition coefficient (Wildman–Crippen LogP) is 4.60. The topological polar surface area (TPSA) is 37.8 Å². The van der Waals surface area contributed by atoms with Crippen LogP contribution in [0, 0.1) is 0 Å². The van der Waals surface area contributed by atoms with Crippen LogP contribution < -0.4 is 5.32 Å². The van der Waals surface area contributed by atoms with Gasteiger partial charge in [-0.3, -0.25) is 4.98 Å². The molecule has 0 bridgehead atoms. The van der Waals surface area contributed by atoms with Crippen molar-refractivity contribution in [2.45, 2.75) is 32.7 Å². The molecule has 0 saturated carbocycles. The van der Waals surface area contributed by atoms with E-state index in [0.29, 0.717) is 0 Å². The Morgan fingerprint density at radius 2 is 2.00 bits per heavy atom. The number of anilines is 1. The van der Waals surface area contributed by atoms with Crippen molar-refractivity contribution >= 4 is 27.8 Å². The van der Waals surface area contributed by atoms with Crippen LogP contribution in [0.15, 0.2) is 42.9 Å². The van der Waals surface area contributed by atoms with Gasteiger partial charge in [0.2, 0.25) is 0 Å². The minimum Gasteiger partial charge on any atom is -0.380 e. The minimum absolute atomic E-state index is 0.117. The molecular formula is C17H19N3S. The molecule has 3 nitrogen and oxygen atoms in total. The van der Waals surface area contributed by atoms with Gasteiger partial charge >= 0.3 is 0 Å². The van der Waals surface area contributed by atoms with Crippen molar-refractivity contribution in [1.82, 2.24) is 9.97 Å². The normalized spacial score (nSPS) is 11.8. The highest BCUT2D eigenvalue weighted by Gasteiger charge is 2.17. The maximum Gasteiger partial charge on any atom is 0.0981 e. The van der Waals surface area contributed by atoms with Crippen molar-refractivity contribution < 1.29 is 0 Å². The first-order chi connectivity index (χ1) is 10.0. The van der Waals surface area contributed by atoms with Crippen molar-refractivity contribution in [2.75, 3.05) is 5.32 Å². The van der Waals surface area contributed by atoms with Gasteiger partial charge in [-0.05, 0) is 17.5 Å². The molecule has 0 aliphatic heterocycles. The van der Waals surface area contributed by atoms with Gasteiger partial charge in [-0.15, -0.1) is 11.3 Å². The van der Waals surface area contributed by atoms with Crippen LogP contribution in [0.2, 0.25) is 0 Å². The molecule has 1 aromatic carbocycles. The van der Waals surface area contributed by atoms with Gasteiger partial charge in [-0.1, -0.05) is 32.9 Å². The second-order valence-corrected chi connectivity index (χ2v) is 7.25. The fourth-order valence-corrected chi connectivity index (χ4v) is 3.10. The number of benzene rings is 1. The molecule has 0 unspecified atom stereocenters. The Morgan fingerprint density at radius 3 is 2.76 bits per heavy atom. The van der Waals surface area contributed by atoms with Gasteiger partial charge < -0.3 is 5.32 Å². The van der Waals surface area contributed by atoms with Gasteiger partial charge in [-0.2, -0.15) is 0 Å². The molecule has 0 aliphatic rings. The lowest BCUT2D eigenvalue weighted by molar-refractivity contribution is 0.585. The largest absolute Gasteiger partial charge is 0.380 e. The van der Waals surface area contributed by atoms with E-state index >= 15 is 0 Å². The molecule has 2 heterocycles. The summed E-state index contributed by atoms with van der Waals surface area (Å²) in [6.07, 6.45) is 5.71. The van der Waals surface area contributed by atoms with E-state index in [2.05, 4.69) is 54.3 Å². The van der Waals surface area contributed by atoms with E-state index in [1.165, 1.54) is 15.3 Å². The lowest BCUT2D eigenvalue weighted by Crippen LogP contribution is -2.09. The maximum atomic E-state index is 4.53. The first-order valence-corrected chi connectivity index (χ1v) is 7.87. The van der Waals surface area contributed by atoms with E-state index in [-0.39, 0.29) is 5.41 Å². The lowest BCUT2D eigenvalue weighted by atomic mass is 9.98. The predicted molar refractivity (Wildman–Crippen MR) is 89.9 cm³/mol. The molecular weight excluding hydrogens is 278 g/mol. The number of hydrogen-bond donors (Lipinski definition) is 1. The molecule has 0 amide bonds. The summed E-state index contributed by atoms with van der Waals surface area (Å²) in [5, 5.41) is 7.04. The molecule has 0 atom stereocenters. The zero-order chi connectivity index (χ0) is 14.9. The van der Waals surface area contributed by atoms with Crippen LogP contribution in [-0.4, -0.2) is 9.97 Å². The van der Waals surface area contributed by atoms with Crippen molar-refractivity contribution in [2.24, 2.45) is 0 Å². The highest BCUT2D eigenvalue weighted by atomic mass is 32.1. The van der Waals surface area contributed by atoms with Crippen LogP contribution in [0.1, 0.15) is 30.7 Å². The quantitative estimate of drug-likeness (QED) is 0.767. The highest BCUT2D eigenvalue weighted by Crippen LogP contribution is 2.28. The van der Waals surface area contributed by atoms with E-state index in [9.17, 15) is 0 Å². The summed E-state index contributed by atoms with van der Waals surface area (Å²) in [5.41, 5.74) is 1.23. The standard InChI is InChI=1S/C17H19N3S/c1-17(2,3)16-20-10-13(21-16)9-19-15-6-4-5-12-7-8-18-11-14(12)15/h4-8,10-11,19H,9H2,1-3H3. The third-order valence-corrected chi connectivity index (χ3v) is 4.75. The molecule has 0 radical (unpaired) electrons. The number of hydrogen-bond acceptors (Lipinski definition) is 4. The SMILES string of the molecule is CC(C)(C)c1ncc(CNc2cccc3ccncc23)s1. The summed E-state index contributed by atoms with van der Waals surface area (Å²) in [7, 11) is 0. The minimum atomic E-state index is 0.117. The smallest absolute Gasteiger partial charge is 0.0981 e. The molecule has 21 heavy (non-hydrogen) atoms. The molecule has 0 saturated heterocycles. The maximum absolute atomic E-state index is 4.53. The van der Waals surface area contributed by atoms with E-state index in [0.717, 1.165) is 17.6 Å². The molecule has 0 aliphatic carbocycles. The van der Waals surface area contributed by atoms with Crippen molar-refractivity contribution in [1.29, 1.82) is 0 Å². The van der Waals surface area contributed by atoms with Gasteiger partial charge in [0, 0.05) is 40.0 Å². The number of thiazole rings is 1. The monoisotopic (exact) mass is 297 g/mol. The van der Waals surface area contributed by atoms with Gasteiger partial charge in [0.25, 0.3) is 0 Å². The Kier molecular flexibility index (Phi) is 3.64. The number of nitrogens with zero attached hydrogens (tertiary/aromatic N) is 2. The van der Waals surface area contributed by atoms with Crippen LogP contribution in [0.3, 0.4) is 0 Å². The van der Waals surface area contributed by atoms with Crippen LogP contribution in [0.4, 0.5) is 5.69 Å². The first-order valence-electron chi connectivity index (χ1n) is 7.06.